The van der Waals surface area contributed by atoms with Crippen molar-refractivity contribution in [2.75, 3.05) is 19.3 Å². The highest BCUT2D eigenvalue weighted by Crippen LogP contribution is 2.32. The molecule has 0 radical (unpaired) electrons. The first kappa shape index (κ1) is 14.7. The van der Waals surface area contributed by atoms with Crippen LogP contribution in [0.25, 0.3) is 0 Å². The number of hydrogen-bond donors (Lipinski definition) is 1. The van der Waals surface area contributed by atoms with Gasteiger partial charge in [0.15, 0.2) is 0 Å². The number of rotatable bonds is 4. The van der Waals surface area contributed by atoms with E-state index in [-0.39, 0.29) is 17.9 Å². The molecule has 0 spiro atoms. The van der Waals surface area contributed by atoms with E-state index in [0.717, 1.165) is 12.8 Å². The molecule has 0 aromatic heterocycles. The highest BCUT2D eigenvalue weighted by molar-refractivity contribution is 8.00. The highest BCUT2D eigenvalue weighted by Gasteiger charge is 2.42. The molecule has 2 unspecified atom stereocenters. The second kappa shape index (κ2) is 6.55. The number of aliphatic carboxylic acids is 1. The van der Waals surface area contributed by atoms with Crippen LogP contribution in [0, 0.1) is 12.3 Å². The van der Waals surface area contributed by atoms with Crippen LogP contribution in [0.3, 0.4) is 0 Å². The molecule has 1 aliphatic rings. The zero-order chi connectivity index (χ0) is 13.7. The Bertz CT molecular complexity index is 367. The maximum absolute atomic E-state index is 12.2. The summed E-state index contributed by atoms with van der Waals surface area (Å²) >= 11 is 1.52. The Kier molecular flexibility index (Phi) is 5.35. The first-order valence-electron chi connectivity index (χ1n) is 5.84. The fourth-order valence-corrected chi connectivity index (χ4v) is 3.39. The summed E-state index contributed by atoms with van der Waals surface area (Å²) in [4.78, 5) is 26.2. The standard InChI is InChI=1S/C12H18N2O3S/c1-4-6-10-14(9(8-18-10)11(15)16)12(17)13(3)7-5-2/h2,9-10H,4,6-8H2,1,3H3,(H,15,16). The Labute approximate surface area is 112 Å². The largest absolute Gasteiger partial charge is 0.480 e. The van der Waals surface area contributed by atoms with Crippen molar-refractivity contribution in [1.29, 1.82) is 0 Å². The molecular weight excluding hydrogens is 252 g/mol. The third kappa shape index (κ3) is 3.10. The molecule has 0 aliphatic carbocycles. The van der Waals surface area contributed by atoms with E-state index in [1.807, 2.05) is 6.92 Å². The molecule has 100 valence electrons. The topological polar surface area (TPSA) is 60.9 Å². The summed E-state index contributed by atoms with van der Waals surface area (Å²) < 4.78 is 0. The summed E-state index contributed by atoms with van der Waals surface area (Å²) in [6.45, 7) is 2.20. The zero-order valence-electron chi connectivity index (χ0n) is 10.6. The zero-order valence-corrected chi connectivity index (χ0v) is 11.4. The SMILES string of the molecule is C#CCN(C)C(=O)N1C(CCC)SCC1C(=O)O. The first-order chi connectivity index (χ1) is 8.52. The van der Waals surface area contributed by atoms with E-state index in [4.69, 9.17) is 11.5 Å². The third-order valence-electron chi connectivity index (χ3n) is 2.79. The number of nitrogens with zero attached hydrogens (tertiary/aromatic N) is 2. The Morgan fingerprint density at radius 3 is 2.78 bits per heavy atom. The van der Waals surface area contributed by atoms with Gasteiger partial charge in [-0.3, -0.25) is 4.90 Å². The lowest BCUT2D eigenvalue weighted by Gasteiger charge is -2.30. The number of terminal acetylenes is 1. The highest BCUT2D eigenvalue weighted by atomic mass is 32.2. The van der Waals surface area contributed by atoms with Gasteiger partial charge in [0.05, 0.1) is 11.9 Å². The molecule has 0 bridgehead atoms. The smallest absolute Gasteiger partial charge is 0.327 e. The van der Waals surface area contributed by atoms with Crippen LogP contribution in [-0.4, -0.2) is 57.7 Å². The lowest BCUT2D eigenvalue weighted by molar-refractivity contribution is -0.141. The average molecular weight is 270 g/mol. The van der Waals surface area contributed by atoms with Crippen LogP contribution in [0.15, 0.2) is 0 Å². The van der Waals surface area contributed by atoms with Crippen LogP contribution in [0.2, 0.25) is 0 Å². The minimum atomic E-state index is -0.955. The molecule has 1 heterocycles. The van der Waals surface area contributed by atoms with E-state index in [1.165, 1.54) is 21.6 Å². The Balaban J connectivity index is 2.86. The second-order valence-electron chi connectivity index (χ2n) is 4.18. The summed E-state index contributed by atoms with van der Waals surface area (Å²) in [5.41, 5.74) is 0. The van der Waals surface area contributed by atoms with Gasteiger partial charge in [0.1, 0.15) is 6.04 Å². The van der Waals surface area contributed by atoms with Crippen LogP contribution in [0.5, 0.6) is 0 Å². The van der Waals surface area contributed by atoms with Crippen molar-refractivity contribution in [3.63, 3.8) is 0 Å². The van der Waals surface area contributed by atoms with Crippen molar-refractivity contribution in [2.24, 2.45) is 0 Å². The van der Waals surface area contributed by atoms with Crippen LogP contribution < -0.4 is 0 Å². The molecule has 0 aromatic carbocycles. The average Bonchev–Trinajstić information content (AvgIpc) is 2.72. The van der Waals surface area contributed by atoms with Gasteiger partial charge in [-0.15, -0.1) is 18.2 Å². The van der Waals surface area contributed by atoms with Crippen LogP contribution in [0.1, 0.15) is 19.8 Å². The Morgan fingerprint density at radius 2 is 2.28 bits per heavy atom. The van der Waals surface area contributed by atoms with Gasteiger partial charge in [-0.1, -0.05) is 19.3 Å². The van der Waals surface area contributed by atoms with Crippen molar-refractivity contribution >= 4 is 23.8 Å². The lowest BCUT2D eigenvalue weighted by Crippen LogP contribution is -2.50. The number of thioether (sulfide) groups is 1. The lowest BCUT2D eigenvalue weighted by atomic mass is 10.2. The maximum Gasteiger partial charge on any atom is 0.327 e. The fourth-order valence-electron chi connectivity index (χ4n) is 1.88. The molecule has 1 saturated heterocycles. The Morgan fingerprint density at radius 1 is 1.61 bits per heavy atom. The molecule has 0 aromatic rings. The number of carbonyl (C=O) groups is 2. The molecule has 18 heavy (non-hydrogen) atoms. The van der Waals surface area contributed by atoms with Gasteiger partial charge in [-0.2, -0.15) is 0 Å². The fraction of sp³-hybridized carbons (Fsp3) is 0.667. The number of carboxylic acid groups (broad SMARTS) is 1. The predicted octanol–water partition coefficient (Wildman–Crippen LogP) is 1.30. The molecular formula is C12H18N2O3S. The quantitative estimate of drug-likeness (QED) is 0.782. The molecule has 6 heteroatoms. The van der Waals surface area contributed by atoms with Crippen molar-refractivity contribution in [3.8, 4) is 12.3 Å². The van der Waals surface area contributed by atoms with Gasteiger partial charge in [0.2, 0.25) is 0 Å². The molecule has 1 rings (SSSR count). The van der Waals surface area contributed by atoms with E-state index < -0.39 is 12.0 Å². The normalized spacial score (nSPS) is 22.6. The summed E-state index contributed by atoms with van der Waals surface area (Å²) in [6, 6.07) is -1.05. The van der Waals surface area contributed by atoms with Crippen LogP contribution in [-0.2, 0) is 4.79 Å². The number of carbonyl (C=O) groups excluding carboxylic acids is 1. The molecule has 1 aliphatic heterocycles. The van der Waals surface area contributed by atoms with Crippen LogP contribution in [0.4, 0.5) is 4.79 Å². The van der Waals surface area contributed by atoms with Gasteiger partial charge in [0.25, 0.3) is 0 Å². The number of hydrogen-bond acceptors (Lipinski definition) is 3. The number of carboxylic acids is 1. The minimum absolute atomic E-state index is 0.0659. The van der Waals surface area contributed by atoms with E-state index >= 15 is 0 Å². The van der Waals surface area contributed by atoms with Crippen LogP contribution >= 0.6 is 11.8 Å². The monoisotopic (exact) mass is 270 g/mol. The Hall–Kier alpha value is -1.35. The first-order valence-corrected chi connectivity index (χ1v) is 6.89. The van der Waals surface area contributed by atoms with Gasteiger partial charge < -0.3 is 10.0 Å². The van der Waals surface area contributed by atoms with Crippen molar-refractivity contribution in [3.05, 3.63) is 0 Å². The molecule has 1 fully saturated rings. The van der Waals surface area contributed by atoms with E-state index in [9.17, 15) is 9.59 Å². The third-order valence-corrected chi connectivity index (χ3v) is 4.14. The summed E-state index contributed by atoms with van der Waals surface area (Å²) in [5, 5.41) is 9.10. The summed E-state index contributed by atoms with van der Waals surface area (Å²) in [7, 11) is 1.59. The van der Waals surface area contributed by atoms with Crippen molar-refractivity contribution in [1.82, 2.24) is 9.80 Å². The maximum atomic E-state index is 12.2. The van der Waals surface area contributed by atoms with E-state index in [0.29, 0.717) is 5.75 Å². The molecule has 0 saturated carbocycles. The minimum Gasteiger partial charge on any atom is -0.480 e. The number of urea groups is 1. The van der Waals surface area contributed by atoms with Gasteiger partial charge in [-0.25, -0.2) is 9.59 Å². The summed E-state index contributed by atoms with van der Waals surface area (Å²) in [6.07, 6.45) is 6.87. The molecule has 5 nitrogen and oxygen atoms in total. The molecule has 2 amide bonds. The van der Waals surface area contributed by atoms with Gasteiger partial charge in [-0.05, 0) is 6.42 Å². The molecule has 2 atom stereocenters. The van der Waals surface area contributed by atoms with Crippen molar-refractivity contribution < 1.29 is 14.7 Å². The predicted molar refractivity (Wildman–Crippen MR) is 71.3 cm³/mol. The summed E-state index contributed by atoms with van der Waals surface area (Å²) in [5.74, 6) is 1.87. The van der Waals surface area contributed by atoms with E-state index in [1.54, 1.807) is 7.05 Å². The van der Waals surface area contributed by atoms with E-state index in [2.05, 4.69) is 5.92 Å². The van der Waals surface area contributed by atoms with Gasteiger partial charge >= 0.3 is 12.0 Å². The molecule has 1 N–H and O–H groups in total. The second-order valence-corrected chi connectivity index (χ2v) is 5.39. The van der Waals surface area contributed by atoms with Crippen molar-refractivity contribution in [2.45, 2.75) is 31.2 Å². The van der Waals surface area contributed by atoms with Gasteiger partial charge in [0, 0.05) is 12.8 Å². The number of amides is 2.